The van der Waals surface area contributed by atoms with E-state index in [1.54, 1.807) is 6.33 Å². The largest absolute Gasteiger partial charge is 0.481 e. The van der Waals surface area contributed by atoms with Crippen LogP contribution < -0.4 is 5.32 Å². The highest BCUT2D eigenvalue weighted by atomic mass is 16.4. The van der Waals surface area contributed by atoms with Crippen LogP contribution in [0.4, 0.5) is 0 Å². The zero-order valence-corrected chi connectivity index (χ0v) is 11.5. The van der Waals surface area contributed by atoms with E-state index in [0.29, 0.717) is 25.8 Å². The van der Waals surface area contributed by atoms with Crippen LogP contribution in [0.5, 0.6) is 0 Å². The third-order valence-corrected chi connectivity index (χ3v) is 4.10. The number of nitrogens with one attached hydrogen (secondary N) is 2. The molecular weight excluding hydrogens is 270 g/mol. The van der Waals surface area contributed by atoms with Crippen molar-refractivity contribution < 1.29 is 14.7 Å². The second kappa shape index (κ2) is 5.55. The molecule has 6 heteroatoms. The van der Waals surface area contributed by atoms with Gasteiger partial charge in [-0.1, -0.05) is 6.07 Å². The molecule has 21 heavy (non-hydrogen) atoms. The number of carboxylic acid groups (broad SMARTS) is 1. The van der Waals surface area contributed by atoms with Crippen molar-refractivity contribution in [1.29, 1.82) is 0 Å². The SMILES string of the molecule is O=C(O)[C@@H]1CC[C@H](C(=O)NCc2ccc3nc[nH]c3c2)C1. The van der Waals surface area contributed by atoms with Gasteiger partial charge in [-0.05, 0) is 37.0 Å². The lowest BCUT2D eigenvalue weighted by Crippen LogP contribution is -2.29. The van der Waals surface area contributed by atoms with Gasteiger partial charge in [-0.2, -0.15) is 0 Å². The average Bonchev–Trinajstić information content (AvgIpc) is 3.12. The number of aliphatic carboxylic acids is 1. The molecule has 3 N–H and O–H groups in total. The molecule has 110 valence electrons. The predicted octanol–water partition coefficient (Wildman–Crippen LogP) is 1.68. The molecule has 1 aliphatic rings. The molecule has 1 saturated carbocycles. The van der Waals surface area contributed by atoms with Crippen molar-refractivity contribution in [3.63, 3.8) is 0 Å². The highest BCUT2D eigenvalue weighted by molar-refractivity contribution is 5.81. The molecule has 2 aromatic rings. The summed E-state index contributed by atoms with van der Waals surface area (Å²) in [6.07, 6.45) is 3.33. The number of H-pyrrole nitrogens is 1. The highest BCUT2D eigenvalue weighted by Crippen LogP contribution is 2.31. The number of amides is 1. The number of carboxylic acids is 1. The number of hydrogen-bond donors (Lipinski definition) is 3. The van der Waals surface area contributed by atoms with E-state index < -0.39 is 5.97 Å². The minimum absolute atomic E-state index is 0.0524. The summed E-state index contributed by atoms with van der Waals surface area (Å²) in [7, 11) is 0. The zero-order valence-electron chi connectivity index (χ0n) is 11.5. The number of hydrogen-bond acceptors (Lipinski definition) is 3. The van der Waals surface area contributed by atoms with Crippen molar-refractivity contribution in [2.45, 2.75) is 25.8 Å². The third kappa shape index (κ3) is 2.89. The Bertz CT molecular complexity index is 680. The maximum atomic E-state index is 12.1. The van der Waals surface area contributed by atoms with Crippen molar-refractivity contribution >= 4 is 22.9 Å². The molecule has 3 rings (SSSR count). The average molecular weight is 287 g/mol. The number of carbonyl (C=O) groups excluding carboxylic acids is 1. The maximum Gasteiger partial charge on any atom is 0.306 e. The zero-order chi connectivity index (χ0) is 14.8. The molecule has 0 radical (unpaired) electrons. The smallest absolute Gasteiger partial charge is 0.306 e. The summed E-state index contributed by atoms with van der Waals surface area (Å²) in [5.41, 5.74) is 2.83. The van der Waals surface area contributed by atoms with E-state index >= 15 is 0 Å². The van der Waals surface area contributed by atoms with Crippen LogP contribution in [0.25, 0.3) is 11.0 Å². The molecule has 0 bridgehead atoms. The van der Waals surface area contributed by atoms with Gasteiger partial charge in [0.1, 0.15) is 0 Å². The van der Waals surface area contributed by atoms with E-state index in [2.05, 4.69) is 15.3 Å². The van der Waals surface area contributed by atoms with Crippen molar-refractivity contribution in [3.8, 4) is 0 Å². The maximum absolute atomic E-state index is 12.1. The molecule has 0 aliphatic heterocycles. The summed E-state index contributed by atoms with van der Waals surface area (Å²) in [4.78, 5) is 30.2. The molecular formula is C15H17N3O3. The Labute approximate surface area is 121 Å². The molecule has 1 aliphatic carbocycles. The standard InChI is InChI=1S/C15H17N3O3/c19-14(10-2-3-11(6-10)15(20)21)16-7-9-1-4-12-13(5-9)18-8-17-12/h1,4-5,8,10-11H,2-3,6-7H2,(H,16,19)(H,17,18)(H,20,21)/t10-,11+/m0/s1. The van der Waals surface area contributed by atoms with Crippen molar-refractivity contribution in [1.82, 2.24) is 15.3 Å². The van der Waals surface area contributed by atoms with Gasteiger partial charge in [-0.25, -0.2) is 4.98 Å². The second-order valence-electron chi connectivity index (χ2n) is 5.52. The van der Waals surface area contributed by atoms with Crippen LogP contribution in [0.3, 0.4) is 0 Å². The number of fused-ring (bicyclic) bond motifs is 1. The van der Waals surface area contributed by atoms with Gasteiger partial charge in [0.15, 0.2) is 0 Å². The number of benzene rings is 1. The van der Waals surface area contributed by atoms with Gasteiger partial charge in [0.05, 0.1) is 23.3 Å². The normalized spacial score (nSPS) is 21.5. The quantitative estimate of drug-likeness (QED) is 0.797. The lowest BCUT2D eigenvalue weighted by atomic mass is 10.0. The van der Waals surface area contributed by atoms with Crippen molar-refractivity contribution in [2.24, 2.45) is 11.8 Å². The lowest BCUT2D eigenvalue weighted by molar-refractivity contribution is -0.141. The number of imidazole rings is 1. The van der Waals surface area contributed by atoms with E-state index in [0.717, 1.165) is 16.6 Å². The topological polar surface area (TPSA) is 95.1 Å². The van der Waals surface area contributed by atoms with E-state index in [4.69, 9.17) is 5.11 Å². The molecule has 1 fully saturated rings. The summed E-state index contributed by atoms with van der Waals surface area (Å²) in [5, 5.41) is 11.9. The summed E-state index contributed by atoms with van der Waals surface area (Å²) in [6.45, 7) is 0.446. The number of aromatic nitrogens is 2. The van der Waals surface area contributed by atoms with Gasteiger partial charge in [0.2, 0.25) is 5.91 Å². The van der Waals surface area contributed by atoms with Gasteiger partial charge in [-0.15, -0.1) is 0 Å². The second-order valence-corrected chi connectivity index (χ2v) is 5.52. The monoisotopic (exact) mass is 287 g/mol. The van der Waals surface area contributed by atoms with Gasteiger partial charge >= 0.3 is 5.97 Å². The lowest BCUT2D eigenvalue weighted by Gasteiger charge is -2.11. The Kier molecular flexibility index (Phi) is 3.60. The molecule has 2 atom stereocenters. The Hall–Kier alpha value is -2.37. The summed E-state index contributed by atoms with van der Waals surface area (Å²) in [5.74, 6) is -1.40. The fourth-order valence-electron chi connectivity index (χ4n) is 2.87. The number of rotatable bonds is 4. The Morgan fingerprint density at radius 1 is 1.33 bits per heavy atom. The fourth-order valence-corrected chi connectivity index (χ4v) is 2.87. The molecule has 1 aromatic carbocycles. The first-order valence-corrected chi connectivity index (χ1v) is 7.06. The number of aromatic amines is 1. The fraction of sp³-hybridized carbons (Fsp3) is 0.400. The van der Waals surface area contributed by atoms with Gasteiger partial charge in [0.25, 0.3) is 0 Å². The molecule has 1 heterocycles. The van der Waals surface area contributed by atoms with Crippen LogP contribution in [0, 0.1) is 11.8 Å². The van der Waals surface area contributed by atoms with E-state index in [-0.39, 0.29) is 17.7 Å². The van der Waals surface area contributed by atoms with E-state index in [9.17, 15) is 9.59 Å². The number of nitrogens with zero attached hydrogens (tertiary/aromatic N) is 1. The van der Waals surface area contributed by atoms with Crippen LogP contribution in [0.2, 0.25) is 0 Å². The van der Waals surface area contributed by atoms with Crippen LogP contribution >= 0.6 is 0 Å². The number of carbonyl (C=O) groups is 2. The van der Waals surface area contributed by atoms with Crippen LogP contribution in [0.15, 0.2) is 24.5 Å². The minimum atomic E-state index is -0.796. The van der Waals surface area contributed by atoms with E-state index in [1.165, 1.54) is 0 Å². The van der Waals surface area contributed by atoms with Crippen LogP contribution in [0.1, 0.15) is 24.8 Å². The molecule has 0 spiro atoms. The Morgan fingerprint density at radius 3 is 2.90 bits per heavy atom. The Morgan fingerprint density at radius 2 is 2.14 bits per heavy atom. The molecule has 0 saturated heterocycles. The van der Waals surface area contributed by atoms with Crippen molar-refractivity contribution in [3.05, 3.63) is 30.1 Å². The summed E-state index contributed by atoms with van der Waals surface area (Å²) < 4.78 is 0. The van der Waals surface area contributed by atoms with Crippen LogP contribution in [-0.2, 0) is 16.1 Å². The highest BCUT2D eigenvalue weighted by Gasteiger charge is 2.33. The van der Waals surface area contributed by atoms with E-state index in [1.807, 2.05) is 18.2 Å². The molecule has 1 aromatic heterocycles. The van der Waals surface area contributed by atoms with Crippen molar-refractivity contribution in [2.75, 3.05) is 0 Å². The molecule has 0 unspecified atom stereocenters. The first kappa shape index (κ1) is 13.6. The van der Waals surface area contributed by atoms with Crippen LogP contribution in [-0.4, -0.2) is 27.0 Å². The first-order chi connectivity index (χ1) is 10.1. The first-order valence-electron chi connectivity index (χ1n) is 7.06. The predicted molar refractivity (Wildman–Crippen MR) is 76.4 cm³/mol. The molecule has 1 amide bonds. The van der Waals surface area contributed by atoms with Gasteiger partial charge in [-0.3, -0.25) is 9.59 Å². The molecule has 6 nitrogen and oxygen atoms in total. The Balaban J connectivity index is 1.57. The minimum Gasteiger partial charge on any atom is -0.481 e. The van der Waals surface area contributed by atoms with Gasteiger partial charge in [0, 0.05) is 12.5 Å². The summed E-state index contributed by atoms with van der Waals surface area (Å²) in [6, 6.07) is 5.79. The van der Waals surface area contributed by atoms with Gasteiger partial charge < -0.3 is 15.4 Å². The summed E-state index contributed by atoms with van der Waals surface area (Å²) >= 11 is 0. The third-order valence-electron chi connectivity index (χ3n) is 4.10.